The molecule has 0 atom stereocenters. The van der Waals surface area contributed by atoms with Crippen molar-refractivity contribution in [3.8, 4) is 16.9 Å². The van der Waals surface area contributed by atoms with Gasteiger partial charge in [0.05, 0.1) is 23.8 Å². The molecule has 5 nitrogen and oxygen atoms in total. The number of para-hydroxylation sites is 1. The van der Waals surface area contributed by atoms with Crippen LogP contribution in [-0.4, -0.2) is 17.6 Å². The molecule has 1 aromatic heterocycles. The van der Waals surface area contributed by atoms with E-state index in [2.05, 4.69) is 5.32 Å². The number of amides is 1. The lowest BCUT2D eigenvalue weighted by Gasteiger charge is -2.19. The number of rotatable bonds is 4. The molecule has 1 N–H and O–H groups in total. The number of hydrogen-bond donors (Lipinski definition) is 1. The molecule has 0 saturated carbocycles. The monoisotopic (exact) mass is 452 g/mol. The normalized spacial score (nSPS) is 11.4. The van der Waals surface area contributed by atoms with Crippen LogP contribution in [0.2, 0.25) is 0 Å². The van der Waals surface area contributed by atoms with Gasteiger partial charge in [-0.25, -0.2) is 0 Å². The standard InChI is InChI=1S/C25H19F3N2O3/c1-30-20-9-4-3-8-19(20)22(31)21(16-6-5-7-17(14-16)25(26,27)28)23(30)29-24(32)15-10-12-18(33-2)13-11-15/h3-14H,1-2H3,(H,29,32). The van der Waals surface area contributed by atoms with Crippen LogP contribution in [0, 0.1) is 0 Å². The number of nitrogens with one attached hydrogen (secondary N) is 1. The zero-order valence-corrected chi connectivity index (χ0v) is 17.7. The van der Waals surface area contributed by atoms with Crippen molar-refractivity contribution < 1.29 is 22.7 Å². The zero-order chi connectivity index (χ0) is 23.8. The average Bonchev–Trinajstić information content (AvgIpc) is 2.82. The van der Waals surface area contributed by atoms with E-state index in [1.807, 2.05) is 0 Å². The van der Waals surface area contributed by atoms with Gasteiger partial charge in [-0.1, -0.05) is 24.3 Å². The number of alkyl halides is 3. The molecule has 8 heteroatoms. The number of fused-ring (bicyclic) bond motifs is 1. The van der Waals surface area contributed by atoms with Crippen LogP contribution in [0.1, 0.15) is 15.9 Å². The Kier molecular flexibility index (Phi) is 5.68. The summed E-state index contributed by atoms with van der Waals surface area (Å²) in [4.78, 5) is 26.4. The molecule has 0 bridgehead atoms. The van der Waals surface area contributed by atoms with E-state index in [0.717, 1.165) is 12.1 Å². The first-order chi connectivity index (χ1) is 15.7. The van der Waals surface area contributed by atoms with Crippen molar-refractivity contribution in [1.82, 2.24) is 4.57 Å². The fraction of sp³-hybridized carbons (Fsp3) is 0.120. The summed E-state index contributed by atoms with van der Waals surface area (Å²) in [7, 11) is 3.14. The van der Waals surface area contributed by atoms with Crippen molar-refractivity contribution in [2.24, 2.45) is 7.05 Å². The molecular weight excluding hydrogens is 433 g/mol. The van der Waals surface area contributed by atoms with E-state index in [9.17, 15) is 22.8 Å². The van der Waals surface area contributed by atoms with Crippen LogP contribution in [0.5, 0.6) is 5.75 Å². The Hall–Kier alpha value is -4.07. The molecule has 168 valence electrons. The van der Waals surface area contributed by atoms with Crippen LogP contribution in [-0.2, 0) is 13.2 Å². The van der Waals surface area contributed by atoms with Crippen molar-refractivity contribution in [3.05, 3.63) is 94.1 Å². The average molecular weight is 452 g/mol. The molecule has 3 aromatic carbocycles. The summed E-state index contributed by atoms with van der Waals surface area (Å²) in [6.45, 7) is 0. The van der Waals surface area contributed by atoms with Gasteiger partial charge in [0.2, 0.25) is 0 Å². The van der Waals surface area contributed by atoms with Gasteiger partial charge in [-0.3, -0.25) is 9.59 Å². The molecule has 4 rings (SSSR count). The summed E-state index contributed by atoms with van der Waals surface area (Å²) >= 11 is 0. The molecule has 0 aliphatic rings. The van der Waals surface area contributed by atoms with Gasteiger partial charge in [-0.15, -0.1) is 0 Å². The number of halogens is 3. The first kappa shape index (κ1) is 22.1. The molecule has 0 fully saturated rings. The number of aromatic nitrogens is 1. The summed E-state index contributed by atoms with van der Waals surface area (Å²) in [5.74, 6) is 0.143. The first-order valence-electron chi connectivity index (χ1n) is 9.95. The predicted molar refractivity (Wildman–Crippen MR) is 121 cm³/mol. The van der Waals surface area contributed by atoms with Crippen LogP contribution in [0.25, 0.3) is 22.0 Å². The molecule has 0 saturated heterocycles. The van der Waals surface area contributed by atoms with E-state index in [1.165, 1.54) is 19.2 Å². The highest BCUT2D eigenvalue weighted by Crippen LogP contribution is 2.34. The van der Waals surface area contributed by atoms with Crippen molar-refractivity contribution in [2.45, 2.75) is 6.18 Å². The van der Waals surface area contributed by atoms with Crippen LogP contribution < -0.4 is 15.5 Å². The summed E-state index contributed by atoms with van der Waals surface area (Å²) in [6.07, 6.45) is -4.58. The Morgan fingerprint density at radius 3 is 2.33 bits per heavy atom. The predicted octanol–water partition coefficient (Wildman–Crippen LogP) is 5.49. The van der Waals surface area contributed by atoms with E-state index >= 15 is 0 Å². The van der Waals surface area contributed by atoms with Crippen molar-refractivity contribution >= 4 is 22.6 Å². The lowest BCUT2D eigenvalue weighted by atomic mass is 10.00. The van der Waals surface area contributed by atoms with Gasteiger partial charge >= 0.3 is 6.18 Å². The minimum absolute atomic E-state index is 0.0239. The molecule has 0 aliphatic heterocycles. The number of anilines is 1. The topological polar surface area (TPSA) is 60.3 Å². The van der Waals surface area contributed by atoms with E-state index in [4.69, 9.17) is 4.74 Å². The molecule has 0 unspecified atom stereocenters. The number of benzene rings is 3. The molecule has 1 heterocycles. The summed E-state index contributed by atoms with van der Waals surface area (Å²) in [6, 6.07) is 17.6. The summed E-state index contributed by atoms with van der Waals surface area (Å²) in [5, 5.41) is 3.05. The highest BCUT2D eigenvalue weighted by Gasteiger charge is 2.31. The van der Waals surface area contributed by atoms with Gasteiger partial charge in [-0.2, -0.15) is 13.2 Å². The highest BCUT2D eigenvalue weighted by molar-refractivity contribution is 6.07. The number of nitrogens with zero attached hydrogens (tertiary/aromatic N) is 1. The third kappa shape index (κ3) is 4.19. The maximum absolute atomic E-state index is 13.4. The second-order valence-electron chi connectivity index (χ2n) is 7.39. The Bertz CT molecular complexity index is 1410. The van der Waals surface area contributed by atoms with Gasteiger partial charge in [0, 0.05) is 18.0 Å². The molecule has 1 amide bonds. The number of carbonyl (C=O) groups is 1. The Morgan fingerprint density at radius 2 is 1.67 bits per heavy atom. The molecule has 33 heavy (non-hydrogen) atoms. The van der Waals surface area contributed by atoms with Crippen LogP contribution >= 0.6 is 0 Å². The quantitative estimate of drug-likeness (QED) is 0.446. The third-order valence-corrected chi connectivity index (χ3v) is 5.37. The number of carbonyl (C=O) groups excluding carboxylic acids is 1. The second-order valence-corrected chi connectivity index (χ2v) is 7.39. The maximum Gasteiger partial charge on any atom is 0.416 e. The van der Waals surface area contributed by atoms with Crippen LogP contribution in [0.4, 0.5) is 19.0 Å². The smallest absolute Gasteiger partial charge is 0.416 e. The Labute approximate surface area is 187 Å². The number of hydrogen-bond acceptors (Lipinski definition) is 3. The summed E-state index contributed by atoms with van der Waals surface area (Å²) < 4.78 is 46.7. The van der Waals surface area contributed by atoms with Gasteiger partial charge < -0.3 is 14.6 Å². The van der Waals surface area contributed by atoms with E-state index < -0.39 is 23.1 Å². The molecule has 0 radical (unpaired) electrons. The van der Waals surface area contributed by atoms with Crippen molar-refractivity contribution in [3.63, 3.8) is 0 Å². The summed E-state index contributed by atoms with van der Waals surface area (Å²) in [5.41, 5.74) is -0.504. The Balaban J connectivity index is 1.92. The molecule has 4 aromatic rings. The largest absolute Gasteiger partial charge is 0.497 e. The molecule has 0 aliphatic carbocycles. The SMILES string of the molecule is COc1ccc(C(=O)Nc2c(-c3cccc(C(F)(F)F)c3)c(=O)c3ccccc3n2C)cc1. The van der Waals surface area contributed by atoms with Gasteiger partial charge in [0.1, 0.15) is 11.6 Å². The minimum atomic E-state index is -4.58. The van der Waals surface area contributed by atoms with Gasteiger partial charge in [-0.05, 0) is 54.1 Å². The number of aryl methyl sites for hydroxylation is 1. The Morgan fingerprint density at radius 1 is 0.970 bits per heavy atom. The first-order valence-corrected chi connectivity index (χ1v) is 9.95. The van der Waals surface area contributed by atoms with Gasteiger partial charge in [0.25, 0.3) is 5.91 Å². The maximum atomic E-state index is 13.4. The number of pyridine rings is 1. The number of methoxy groups -OCH3 is 1. The minimum Gasteiger partial charge on any atom is -0.497 e. The lowest BCUT2D eigenvalue weighted by Crippen LogP contribution is -2.21. The molecular formula is C25H19F3N2O3. The van der Waals surface area contributed by atoms with E-state index in [1.54, 1.807) is 60.1 Å². The van der Waals surface area contributed by atoms with Crippen LogP contribution in [0.15, 0.2) is 77.6 Å². The number of ether oxygens (including phenoxy) is 1. The second kappa shape index (κ2) is 8.46. The lowest BCUT2D eigenvalue weighted by molar-refractivity contribution is -0.137. The fourth-order valence-corrected chi connectivity index (χ4v) is 3.68. The highest BCUT2D eigenvalue weighted by atomic mass is 19.4. The van der Waals surface area contributed by atoms with E-state index in [0.29, 0.717) is 22.2 Å². The fourth-order valence-electron chi connectivity index (χ4n) is 3.68. The van der Waals surface area contributed by atoms with E-state index in [-0.39, 0.29) is 16.9 Å². The van der Waals surface area contributed by atoms with Gasteiger partial charge in [0.15, 0.2) is 5.43 Å². The van der Waals surface area contributed by atoms with Crippen molar-refractivity contribution in [1.29, 1.82) is 0 Å². The molecule has 0 spiro atoms. The van der Waals surface area contributed by atoms with Crippen molar-refractivity contribution in [2.75, 3.05) is 12.4 Å². The third-order valence-electron chi connectivity index (χ3n) is 5.37. The van der Waals surface area contributed by atoms with Crippen LogP contribution in [0.3, 0.4) is 0 Å². The zero-order valence-electron chi connectivity index (χ0n) is 17.7.